The minimum absolute atomic E-state index is 0.283. The summed E-state index contributed by atoms with van der Waals surface area (Å²) in [5.41, 5.74) is 0.989. The summed E-state index contributed by atoms with van der Waals surface area (Å²) in [6.45, 7) is 14.8. The Morgan fingerprint density at radius 1 is 1.60 bits per heavy atom. The fourth-order valence-corrected chi connectivity index (χ4v) is 2.02. The Balaban J connectivity index is 0.000000921. The van der Waals surface area contributed by atoms with E-state index in [0.717, 1.165) is 17.3 Å². The monoisotopic (exact) mass is 226 g/mol. The maximum Gasteiger partial charge on any atom is 0.0944 e. The van der Waals surface area contributed by atoms with Crippen LogP contribution in [0.25, 0.3) is 0 Å². The molecular weight excluding hydrogens is 204 g/mol. The normalized spacial score (nSPS) is 16.6. The fourth-order valence-electron chi connectivity index (χ4n) is 1.16. The predicted octanol–water partition coefficient (Wildman–Crippen LogP) is 3.57. The third-order valence-corrected chi connectivity index (χ3v) is 2.91. The summed E-state index contributed by atoms with van der Waals surface area (Å²) in [4.78, 5) is 5.77. The van der Waals surface area contributed by atoms with Crippen molar-refractivity contribution in [2.45, 2.75) is 40.7 Å². The maximum atomic E-state index is 4.43. The molecule has 0 amide bonds. The molecule has 1 aliphatic heterocycles. The van der Waals surface area contributed by atoms with Crippen molar-refractivity contribution >= 4 is 16.8 Å². The van der Waals surface area contributed by atoms with Crippen molar-refractivity contribution in [1.82, 2.24) is 5.32 Å². The zero-order valence-corrected chi connectivity index (χ0v) is 11.2. The van der Waals surface area contributed by atoms with Gasteiger partial charge in [-0.25, -0.2) is 0 Å². The average Bonchev–Trinajstić information content (AvgIpc) is 2.20. The summed E-state index contributed by atoms with van der Waals surface area (Å²) in [5, 5.41) is 4.42. The molecule has 1 rings (SSSR count). The standard InChI is InChI=1S/C10H16N2S.C2H6/c1-7(2)12-9(4)10-11-6-5-8(3)13-10;1-2/h5,9,12H,1,6H2,2-4H3;1-2H3/t9-;/m1./s1. The van der Waals surface area contributed by atoms with E-state index in [4.69, 9.17) is 0 Å². The molecule has 86 valence electrons. The van der Waals surface area contributed by atoms with E-state index in [9.17, 15) is 0 Å². The lowest BCUT2D eigenvalue weighted by Crippen LogP contribution is -2.31. The maximum absolute atomic E-state index is 4.43. The van der Waals surface area contributed by atoms with Gasteiger partial charge in [0.1, 0.15) is 0 Å². The lowest BCUT2D eigenvalue weighted by molar-refractivity contribution is 0.768. The first kappa shape index (κ1) is 14.3. The molecule has 1 heterocycles. The lowest BCUT2D eigenvalue weighted by atomic mass is 10.3. The molecule has 0 unspecified atom stereocenters. The van der Waals surface area contributed by atoms with Crippen molar-refractivity contribution in [3.8, 4) is 0 Å². The van der Waals surface area contributed by atoms with E-state index in [-0.39, 0.29) is 6.04 Å². The van der Waals surface area contributed by atoms with E-state index in [1.807, 2.05) is 20.8 Å². The number of aliphatic imine (C=N–C) groups is 1. The molecule has 0 aromatic rings. The molecule has 1 aliphatic rings. The molecule has 0 saturated heterocycles. The Hall–Kier alpha value is -0.700. The van der Waals surface area contributed by atoms with Crippen LogP contribution in [-0.4, -0.2) is 17.6 Å². The van der Waals surface area contributed by atoms with Crippen molar-refractivity contribution in [3.63, 3.8) is 0 Å². The number of rotatable bonds is 3. The number of nitrogens with one attached hydrogen (secondary N) is 1. The van der Waals surface area contributed by atoms with Crippen LogP contribution < -0.4 is 5.32 Å². The summed E-state index contributed by atoms with van der Waals surface area (Å²) in [6, 6.07) is 0.283. The second-order valence-corrected chi connectivity index (χ2v) is 4.51. The van der Waals surface area contributed by atoms with Crippen molar-refractivity contribution < 1.29 is 0 Å². The Morgan fingerprint density at radius 2 is 2.20 bits per heavy atom. The molecular formula is C12H22N2S. The second kappa shape index (κ2) is 7.57. The van der Waals surface area contributed by atoms with Crippen LogP contribution in [0.1, 0.15) is 34.6 Å². The molecule has 0 radical (unpaired) electrons. The van der Waals surface area contributed by atoms with E-state index in [2.05, 4.69) is 36.8 Å². The highest BCUT2D eigenvalue weighted by molar-refractivity contribution is 8.17. The van der Waals surface area contributed by atoms with Gasteiger partial charge in [-0.1, -0.05) is 38.3 Å². The SMILES string of the molecule is C=C(C)N[C@H](C)C1=NCC=C(C)S1.CC. The van der Waals surface area contributed by atoms with Crippen molar-refractivity contribution in [3.05, 3.63) is 23.3 Å². The van der Waals surface area contributed by atoms with Crippen LogP contribution in [-0.2, 0) is 0 Å². The summed E-state index contributed by atoms with van der Waals surface area (Å²) < 4.78 is 0. The highest BCUT2D eigenvalue weighted by Crippen LogP contribution is 2.22. The van der Waals surface area contributed by atoms with Gasteiger partial charge in [-0.3, -0.25) is 4.99 Å². The first-order valence-electron chi connectivity index (χ1n) is 5.40. The summed E-state index contributed by atoms with van der Waals surface area (Å²) in [5.74, 6) is 0. The highest BCUT2D eigenvalue weighted by Gasteiger charge is 2.13. The number of allylic oxidation sites excluding steroid dienone is 2. The van der Waals surface area contributed by atoms with Crippen LogP contribution in [0.2, 0.25) is 0 Å². The van der Waals surface area contributed by atoms with Crippen LogP contribution in [0.4, 0.5) is 0 Å². The molecule has 0 aliphatic carbocycles. The van der Waals surface area contributed by atoms with Gasteiger partial charge in [-0.15, -0.1) is 0 Å². The Labute approximate surface area is 97.9 Å². The van der Waals surface area contributed by atoms with Gasteiger partial charge in [0.15, 0.2) is 0 Å². The molecule has 0 saturated carbocycles. The summed E-state index contributed by atoms with van der Waals surface area (Å²) in [6.07, 6.45) is 2.14. The van der Waals surface area contributed by atoms with Crippen molar-refractivity contribution in [2.24, 2.45) is 4.99 Å². The number of hydrogen-bond donors (Lipinski definition) is 1. The smallest absolute Gasteiger partial charge is 0.0944 e. The highest BCUT2D eigenvalue weighted by atomic mass is 32.2. The van der Waals surface area contributed by atoms with E-state index < -0.39 is 0 Å². The minimum Gasteiger partial charge on any atom is -0.380 e. The third-order valence-electron chi connectivity index (χ3n) is 1.72. The minimum atomic E-state index is 0.283. The van der Waals surface area contributed by atoms with Crippen LogP contribution >= 0.6 is 11.8 Å². The largest absolute Gasteiger partial charge is 0.380 e. The Kier molecular flexibility index (Phi) is 7.22. The molecule has 1 atom stereocenters. The zero-order chi connectivity index (χ0) is 11.8. The van der Waals surface area contributed by atoms with Crippen LogP contribution in [0.15, 0.2) is 28.2 Å². The van der Waals surface area contributed by atoms with Crippen LogP contribution in [0.5, 0.6) is 0 Å². The van der Waals surface area contributed by atoms with Gasteiger partial charge < -0.3 is 5.32 Å². The Bertz CT molecular complexity index is 267. The fraction of sp³-hybridized carbons (Fsp3) is 0.583. The van der Waals surface area contributed by atoms with Crippen LogP contribution in [0.3, 0.4) is 0 Å². The van der Waals surface area contributed by atoms with E-state index in [0.29, 0.717) is 0 Å². The average molecular weight is 226 g/mol. The summed E-state index contributed by atoms with van der Waals surface area (Å²) in [7, 11) is 0. The lowest BCUT2D eigenvalue weighted by Gasteiger charge is -2.19. The molecule has 0 spiro atoms. The first-order valence-corrected chi connectivity index (χ1v) is 6.22. The molecule has 0 aromatic carbocycles. The van der Waals surface area contributed by atoms with Crippen molar-refractivity contribution in [1.29, 1.82) is 0 Å². The van der Waals surface area contributed by atoms with E-state index in [1.165, 1.54) is 4.91 Å². The van der Waals surface area contributed by atoms with E-state index >= 15 is 0 Å². The molecule has 0 bridgehead atoms. The van der Waals surface area contributed by atoms with Gasteiger partial charge in [0.05, 0.1) is 17.6 Å². The first-order chi connectivity index (χ1) is 7.09. The predicted molar refractivity (Wildman–Crippen MR) is 72.4 cm³/mol. The molecule has 15 heavy (non-hydrogen) atoms. The zero-order valence-electron chi connectivity index (χ0n) is 10.4. The Morgan fingerprint density at radius 3 is 2.67 bits per heavy atom. The molecule has 3 heteroatoms. The van der Waals surface area contributed by atoms with Gasteiger partial charge in [0.2, 0.25) is 0 Å². The van der Waals surface area contributed by atoms with Crippen LogP contribution in [0, 0.1) is 0 Å². The van der Waals surface area contributed by atoms with Gasteiger partial charge in [-0.2, -0.15) is 0 Å². The number of thioether (sulfide) groups is 1. The topological polar surface area (TPSA) is 24.4 Å². The molecule has 0 fully saturated rings. The summed E-state index contributed by atoms with van der Waals surface area (Å²) >= 11 is 1.74. The number of hydrogen-bond acceptors (Lipinski definition) is 3. The number of nitrogens with zero attached hydrogens (tertiary/aromatic N) is 1. The second-order valence-electron chi connectivity index (χ2n) is 3.24. The van der Waals surface area contributed by atoms with Gasteiger partial charge in [0.25, 0.3) is 0 Å². The quantitative estimate of drug-likeness (QED) is 0.795. The van der Waals surface area contributed by atoms with Gasteiger partial charge >= 0.3 is 0 Å². The molecule has 0 aromatic heterocycles. The van der Waals surface area contributed by atoms with E-state index in [1.54, 1.807) is 11.8 Å². The third kappa shape index (κ3) is 5.67. The van der Waals surface area contributed by atoms with Crippen molar-refractivity contribution in [2.75, 3.05) is 6.54 Å². The molecule has 1 N–H and O–H groups in total. The van der Waals surface area contributed by atoms with Gasteiger partial charge in [-0.05, 0) is 25.7 Å². The molecule has 2 nitrogen and oxygen atoms in total. The van der Waals surface area contributed by atoms with Gasteiger partial charge in [0, 0.05) is 5.70 Å².